The molecule has 0 amide bonds. The van der Waals surface area contributed by atoms with E-state index in [0.717, 1.165) is 18.4 Å². The molecular formula is C14H16O. The van der Waals surface area contributed by atoms with Crippen LogP contribution in [0.3, 0.4) is 0 Å². The number of aryl methyl sites for hydroxylation is 2. The van der Waals surface area contributed by atoms with Gasteiger partial charge in [0.15, 0.2) is 5.78 Å². The number of hydrogen-bond donors (Lipinski definition) is 0. The Bertz CT molecular complexity index is 402. The smallest absolute Gasteiger partial charge is 0.165 e. The molecular weight excluding hydrogens is 184 g/mol. The first-order valence-electron chi connectivity index (χ1n) is 6.00. The topological polar surface area (TPSA) is 17.1 Å². The Hall–Kier alpha value is -1.11. The Labute approximate surface area is 90.5 Å². The molecule has 78 valence electrons. The van der Waals surface area contributed by atoms with E-state index in [2.05, 4.69) is 12.1 Å². The Balaban J connectivity index is 1.88. The van der Waals surface area contributed by atoms with E-state index >= 15 is 0 Å². The molecule has 15 heavy (non-hydrogen) atoms. The second-order valence-corrected chi connectivity index (χ2v) is 4.83. The lowest BCUT2D eigenvalue weighted by molar-refractivity contribution is 0.0855. The fourth-order valence-corrected chi connectivity index (χ4v) is 2.63. The highest BCUT2D eigenvalue weighted by atomic mass is 16.1. The molecule has 1 aromatic rings. The summed E-state index contributed by atoms with van der Waals surface area (Å²) in [6.07, 6.45) is 7.08. The van der Waals surface area contributed by atoms with Gasteiger partial charge in [-0.3, -0.25) is 4.79 Å². The van der Waals surface area contributed by atoms with Gasteiger partial charge in [-0.1, -0.05) is 18.6 Å². The molecule has 0 spiro atoms. The highest BCUT2D eigenvalue weighted by Gasteiger charge is 2.26. The molecule has 1 saturated carbocycles. The summed E-state index contributed by atoms with van der Waals surface area (Å²) in [7, 11) is 0. The zero-order chi connectivity index (χ0) is 10.3. The van der Waals surface area contributed by atoms with Crippen molar-refractivity contribution in [2.45, 2.75) is 38.5 Å². The largest absolute Gasteiger partial charge is 0.294 e. The van der Waals surface area contributed by atoms with Gasteiger partial charge in [-0.15, -0.1) is 0 Å². The summed E-state index contributed by atoms with van der Waals surface area (Å²) in [4.78, 5) is 12.0. The van der Waals surface area contributed by atoms with Crippen LogP contribution >= 0.6 is 0 Å². The van der Waals surface area contributed by atoms with Gasteiger partial charge in [-0.05, 0) is 49.3 Å². The third kappa shape index (κ3) is 1.50. The Kier molecular flexibility index (Phi) is 2.12. The number of hydrogen-bond acceptors (Lipinski definition) is 1. The van der Waals surface area contributed by atoms with Crippen molar-refractivity contribution in [3.63, 3.8) is 0 Å². The molecule has 1 aromatic carbocycles. The minimum Gasteiger partial charge on any atom is -0.294 e. The lowest BCUT2D eigenvalue weighted by Gasteiger charge is -2.23. The van der Waals surface area contributed by atoms with Crippen molar-refractivity contribution in [3.8, 4) is 0 Å². The summed E-state index contributed by atoms with van der Waals surface area (Å²) < 4.78 is 0. The lowest BCUT2D eigenvalue weighted by atomic mass is 9.79. The van der Waals surface area contributed by atoms with E-state index in [9.17, 15) is 4.79 Å². The SMILES string of the molecule is O=C(c1ccc2c(c1)CCC2)C1CCC1. The van der Waals surface area contributed by atoms with Crippen LogP contribution in [0, 0.1) is 5.92 Å². The molecule has 3 rings (SSSR count). The molecule has 0 aliphatic heterocycles. The third-order valence-electron chi connectivity index (χ3n) is 3.86. The highest BCUT2D eigenvalue weighted by Crippen LogP contribution is 2.31. The van der Waals surface area contributed by atoms with Gasteiger partial charge in [0.2, 0.25) is 0 Å². The van der Waals surface area contributed by atoms with Crippen molar-refractivity contribution in [1.29, 1.82) is 0 Å². The van der Waals surface area contributed by atoms with Gasteiger partial charge in [0.1, 0.15) is 0 Å². The summed E-state index contributed by atoms with van der Waals surface area (Å²) in [6, 6.07) is 6.34. The van der Waals surface area contributed by atoms with Crippen molar-refractivity contribution in [1.82, 2.24) is 0 Å². The van der Waals surface area contributed by atoms with Crippen molar-refractivity contribution < 1.29 is 4.79 Å². The van der Waals surface area contributed by atoms with E-state index in [0.29, 0.717) is 11.7 Å². The number of ketones is 1. The van der Waals surface area contributed by atoms with Crippen LogP contribution in [0.5, 0.6) is 0 Å². The van der Waals surface area contributed by atoms with Crippen LogP contribution in [-0.2, 0) is 12.8 Å². The van der Waals surface area contributed by atoms with Crippen LogP contribution in [0.2, 0.25) is 0 Å². The normalized spacial score (nSPS) is 19.7. The second-order valence-electron chi connectivity index (χ2n) is 4.83. The minimum atomic E-state index is 0.337. The van der Waals surface area contributed by atoms with E-state index in [4.69, 9.17) is 0 Å². The molecule has 1 nitrogen and oxygen atoms in total. The average Bonchev–Trinajstić information content (AvgIpc) is 2.61. The van der Waals surface area contributed by atoms with Crippen LogP contribution in [0.4, 0.5) is 0 Å². The molecule has 0 aromatic heterocycles. The fourth-order valence-electron chi connectivity index (χ4n) is 2.63. The second kappa shape index (κ2) is 3.48. The Morgan fingerprint density at radius 3 is 2.60 bits per heavy atom. The molecule has 2 aliphatic carbocycles. The number of Topliss-reactive ketones (excluding diaryl/α,β-unsaturated/α-hetero) is 1. The van der Waals surface area contributed by atoms with Gasteiger partial charge in [-0.25, -0.2) is 0 Å². The molecule has 0 heterocycles. The van der Waals surface area contributed by atoms with Crippen molar-refractivity contribution >= 4 is 5.78 Å². The van der Waals surface area contributed by atoms with Crippen LogP contribution in [0.1, 0.15) is 47.2 Å². The molecule has 0 unspecified atom stereocenters. The zero-order valence-electron chi connectivity index (χ0n) is 8.96. The predicted octanol–water partition coefficient (Wildman–Crippen LogP) is 3.16. The molecule has 0 saturated heterocycles. The predicted molar refractivity (Wildman–Crippen MR) is 60.1 cm³/mol. The summed E-state index contributed by atoms with van der Waals surface area (Å²) in [6.45, 7) is 0. The first-order valence-corrected chi connectivity index (χ1v) is 6.00. The number of fused-ring (bicyclic) bond motifs is 1. The van der Waals surface area contributed by atoms with Crippen molar-refractivity contribution in [3.05, 3.63) is 34.9 Å². The van der Waals surface area contributed by atoms with Gasteiger partial charge in [0.05, 0.1) is 0 Å². The van der Waals surface area contributed by atoms with E-state index in [1.165, 1.54) is 36.8 Å². The first-order chi connectivity index (χ1) is 7.34. The monoisotopic (exact) mass is 200 g/mol. The molecule has 1 fully saturated rings. The fraction of sp³-hybridized carbons (Fsp3) is 0.500. The van der Waals surface area contributed by atoms with Crippen LogP contribution in [-0.4, -0.2) is 5.78 Å². The minimum absolute atomic E-state index is 0.337. The van der Waals surface area contributed by atoms with Gasteiger partial charge in [0.25, 0.3) is 0 Å². The van der Waals surface area contributed by atoms with Crippen molar-refractivity contribution in [2.75, 3.05) is 0 Å². The van der Waals surface area contributed by atoms with Gasteiger partial charge < -0.3 is 0 Å². The highest BCUT2D eigenvalue weighted by molar-refractivity contribution is 5.98. The van der Waals surface area contributed by atoms with Crippen LogP contribution in [0.25, 0.3) is 0 Å². The summed E-state index contributed by atoms with van der Waals surface area (Å²) in [5.41, 5.74) is 3.83. The summed E-state index contributed by atoms with van der Waals surface area (Å²) >= 11 is 0. The van der Waals surface area contributed by atoms with Gasteiger partial charge in [-0.2, -0.15) is 0 Å². The molecule has 0 N–H and O–H groups in total. The Morgan fingerprint density at radius 1 is 1.07 bits per heavy atom. The van der Waals surface area contributed by atoms with Gasteiger partial charge >= 0.3 is 0 Å². The molecule has 0 bridgehead atoms. The Morgan fingerprint density at radius 2 is 1.87 bits per heavy atom. The van der Waals surface area contributed by atoms with Crippen LogP contribution in [0.15, 0.2) is 18.2 Å². The molecule has 0 radical (unpaired) electrons. The molecule has 2 aliphatic rings. The number of carbonyl (C=O) groups is 1. The average molecular weight is 200 g/mol. The number of rotatable bonds is 2. The maximum atomic E-state index is 12.0. The molecule has 1 heteroatoms. The van der Waals surface area contributed by atoms with Gasteiger partial charge in [0, 0.05) is 11.5 Å². The standard InChI is InChI=1S/C14H16O/c15-14(11-4-2-5-11)13-8-7-10-3-1-6-12(10)9-13/h7-9,11H,1-6H2. The van der Waals surface area contributed by atoms with E-state index in [1.807, 2.05) is 6.07 Å². The summed E-state index contributed by atoms with van der Waals surface area (Å²) in [5, 5.41) is 0. The zero-order valence-corrected chi connectivity index (χ0v) is 8.96. The van der Waals surface area contributed by atoms with E-state index in [-0.39, 0.29) is 0 Å². The number of benzene rings is 1. The third-order valence-corrected chi connectivity index (χ3v) is 3.86. The lowest BCUT2D eigenvalue weighted by Crippen LogP contribution is -2.22. The molecule has 0 atom stereocenters. The van der Waals surface area contributed by atoms with E-state index in [1.54, 1.807) is 0 Å². The number of carbonyl (C=O) groups excluding carboxylic acids is 1. The maximum absolute atomic E-state index is 12.0. The maximum Gasteiger partial charge on any atom is 0.165 e. The van der Waals surface area contributed by atoms with Crippen molar-refractivity contribution in [2.24, 2.45) is 5.92 Å². The first kappa shape index (κ1) is 9.14. The quantitative estimate of drug-likeness (QED) is 0.670. The summed E-state index contributed by atoms with van der Waals surface area (Å²) in [5.74, 6) is 0.723. The van der Waals surface area contributed by atoms with E-state index < -0.39 is 0 Å². The van der Waals surface area contributed by atoms with Crippen LogP contribution < -0.4 is 0 Å².